The Kier molecular flexibility index (Phi) is 6.18. The zero-order valence-electron chi connectivity index (χ0n) is 17.5. The van der Waals surface area contributed by atoms with Crippen LogP contribution in [-0.2, 0) is 4.79 Å². The van der Waals surface area contributed by atoms with Crippen molar-refractivity contribution in [2.75, 3.05) is 24.5 Å². The van der Waals surface area contributed by atoms with Crippen LogP contribution in [0.3, 0.4) is 0 Å². The number of carboxylic acid groups (broad SMARTS) is 1. The molecule has 1 aliphatic rings. The van der Waals surface area contributed by atoms with Crippen molar-refractivity contribution in [1.29, 1.82) is 0 Å². The predicted molar refractivity (Wildman–Crippen MR) is 123 cm³/mol. The van der Waals surface area contributed by atoms with E-state index in [0.29, 0.717) is 11.6 Å². The van der Waals surface area contributed by atoms with Crippen molar-refractivity contribution in [2.45, 2.75) is 25.4 Å². The number of benzene rings is 3. The number of rotatable bonds is 7. The van der Waals surface area contributed by atoms with E-state index >= 15 is 0 Å². The Morgan fingerprint density at radius 2 is 1.81 bits per heavy atom. The second kappa shape index (κ2) is 9.18. The number of nitrogens with zero attached hydrogens (tertiary/aromatic N) is 1. The standard InChI is InChI=1S/C25H27N3O3/c1-17(22-8-4-6-18-5-2-3-7-23(18)22)27-20-13-14-28(16-20)21-11-9-19(10-12-21)25(31)26-15-24(29)30/h2-12,17,20,27H,13-16H2,1H3,(H,26,31)(H,29,30)/t17-,20?/m1/s1. The fourth-order valence-electron chi connectivity index (χ4n) is 4.28. The number of hydrogen-bond donors (Lipinski definition) is 3. The minimum atomic E-state index is -1.06. The highest BCUT2D eigenvalue weighted by Crippen LogP contribution is 2.26. The van der Waals surface area contributed by atoms with Crippen LogP contribution >= 0.6 is 0 Å². The third-order valence-corrected chi connectivity index (χ3v) is 5.86. The summed E-state index contributed by atoms with van der Waals surface area (Å²) in [5.41, 5.74) is 2.84. The van der Waals surface area contributed by atoms with Crippen LogP contribution in [0.2, 0.25) is 0 Å². The highest BCUT2D eigenvalue weighted by molar-refractivity contribution is 5.96. The molecule has 0 aromatic heterocycles. The van der Waals surface area contributed by atoms with Gasteiger partial charge in [0.2, 0.25) is 0 Å². The number of fused-ring (bicyclic) bond motifs is 1. The number of carbonyl (C=O) groups excluding carboxylic acids is 1. The molecule has 1 amide bonds. The van der Waals surface area contributed by atoms with Gasteiger partial charge in [0.1, 0.15) is 6.54 Å². The first-order valence-electron chi connectivity index (χ1n) is 10.6. The SMILES string of the molecule is C[C@@H](NC1CCN(c2ccc(C(=O)NCC(=O)O)cc2)C1)c1cccc2ccccc12. The molecular weight excluding hydrogens is 390 g/mol. The first kappa shape index (κ1) is 20.9. The molecule has 6 heteroatoms. The summed E-state index contributed by atoms with van der Waals surface area (Å²) in [7, 11) is 0. The number of carbonyl (C=O) groups is 2. The van der Waals surface area contributed by atoms with Crippen LogP contribution in [0, 0.1) is 0 Å². The molecular formula is C25H27N3O3. The average molecular weight is 418 g/mol. The molecule has 160 valence electrons. The molecule has 1 fully saturated rings. The van der Waals surface area contributed by atoms with Crippen molar-refractivity contribution in [3.8, 4) is 0 Å². The number of aliphatic carboxylic acids is 1. The smallest absolute Gasteiger partial charge is 0.322 e. The molecule has 1 heterocycles. The molecule has 3 aromatic carbocycles. The number of amides is 1. The van der Waals surface area contributed by atoms with E-state index in [1.165, 1.54) is 16.3 Å². The maximum atomic E-state index is 12.0. The van der Waals surface area contributed by atoms with E-state index < -0.39 is 5.97 Å². The van der Waals surface area contributed by atoms with Crippen LogP contribution < -0.4 is 15.5 Å². The molecule has 0 bridgehead atoms. The van der Waals surface area contributed by atoms with E-state index in [4.69, 9.17) is 5.11 Å². The molecule has 1 saturated heterocycles. The van der Waals surface area contributed by atoms with Gasteiger partial charge in [-0.2, -0.15) is 0 Å². The molecule has 1 unspecified atom stereocenters. The Labute approximate surface area is 181 Å². The Bertz CT molecular complexity index is 1080. The van der Waals surface area contributed by atoms with E-state index in [0.717, 1.165) is 25.2 Å². The van der Waals surface area contributed by atoms with Gasteiger partial charge in [-0.3, -0.25) is 9.59 Å². The second-order valence-corrected chi connectivity index (χ2v) is 8.01. The Morgan fingerprint density at radius 1 is 1.06 bits per heavy atom. The summed E-state index contributed by atoms with van der Waals surface area (Å²) in [6.45, 7) is 3.69. The fraction of sp³-hybridized carbons (Fsp3) is 0.280. The van der Waals surface area contributed by atoms with Crippen LogP contribution in [0.1, 0.15) is 35.3 Å². The lowest BCUT2D eigenvalue weighted by atomic mass is 9.99. The minimum absolute atomic E-state index is 0.247. The van der Waals surface area contributed by atoms with Gasteiger partial charge in [0, 0.05) is 36.4 Å². The summed E-state index contributed by atoms with van der Waals surface area (Å²) < 4.78 is 0. The summed E-state index contributed by atoms with van der Waals surface area (Å²) in [5, 5.41) is 17.4. The van der Waals surface area contributed by atoms with Gasteiger partial charge in [-0.1, -0.05) is 42.5 Å². The summed E-state index contributed by atoms with van der Waals surface area (Å²) in [6, 6.07) is 22.9. The third-order valence-electron chi connectivity index (χ3n) is 5.86. The maximum absolute atomic E-state index is 12.0. The van der Waals surface area contributed by atoms with E-state index in [2.05, 4.69) is 64.9 Å². The number of carboxylic acids is 1. The third kappa shape index (κ3) is 4.86. The Hall–Kier alpha value is -3.38. The van der Waals surface area contributed by atoms with Gasteiger partial charge in [0.25, 0.3) is 5.91 Å². The topological polar surface area (TPSA) is 81.7 Å². The summed E-state index contributed by atoms with van der Waals surface area (Å²) in [6.07, 6.45) is 1.05. The number of anilines is 1. The van der Waals surface area contributed by atoms with Crippen molar-refractivity contribution in [2.24, 2.45) is 0 Å². The Morgan fingerprint density at radius 3 is 2.58 bits per heavy atom. The van der Waals surface area contributed by atoms with Crippen molar-refractivity contribution < 1.29 is 14.7 Å². The van der Waals surface area contributed by atoms with Crippen LogP contribution in [0.5, 0.6) is 0 Å². The molecule has 4 rings (SSSR count). The van der Waals surface area contributed by atoms with Gasteiger partial charge in [-0.15, -0.1) is 0 Å². The highest BCUT2D eigenvalue weighted by Gasteiger charge is 2.24. The van der Waals surface area contributed by atoms with Gasteiger partial charge < -0.3 is 20.6 Å². The number of hydrogen-bond acceptors (Lipinski definition) is 4. The van der Waals surface area contributed by atoms with Crippen molar-refractivity contribution in [3.63, 3.8) is 0 Å². The molecule has 31 heavy (non-hydrogen) atoms. The average Bonchev–Trinajstić information content (AvgIpc) is 3.25. The molecule has 6 nitrogen and oxygen atoms in total. The van der Waals surface area contributed by atoms with Crippen molar-refractivity contribution in [1.82, 2.24) is 10.6 Å². The van der Waals surface area contributed by atoms with E-state index in [-0.39, 0.29) is 18.5 Å². The van der Waals surface area contributed by atoms with E-state index in [9.17, 15) is 9.59 Å². The van der Waals surface area contributed by atoms with Gasteiger partial charge >= 0.3 is 5.97 Å². The highest BCUT2D eigenvalue weighted by atomic mass is 16.4. The Balaban J connectivity index is 1.37. The van der Waals surface area contributed by atoms with Crippen LogP contribution in [0.15, 0.2) is 66.7 Å². The maximum Gasteiger partial charge on any atom is 0.322 e. The first-order chi connectivity index (χ1) is 15.0. The molecule has 3 aromatic rings. The monoisotopic (exact) mass is 417 g/mol. The lowest BCUT2D eigenvalue weighted by molar-refractivity contribution is -0.135. The summed E-state index contributed by atoms with van der Waals surface area (Å²) in [4.78, 5) is 24.9. The van der Waals surface area contributed by atoms with Gasteiger partial charge in [0.15, 0.2) is 0 Å². The lowest BCUT2D eigenvalue weighted by Crippen LogP contribution is -2.34. The van der Waals surface area contributed by atoms with Crippen LogP contribution in [0.4, 0.5) is 5.69 Å². The second-order valence-electron chi connectivity index (χ2n) is 8.01. The molecule has 3 N–H and O–H groups in total. The van der Waals surface area contributed by atoms with Crippen molar-refractivity contribution >= 4 is 28.3 Å². The van der Waals surface area contributed by atoms with Crippen LogP contribution in [0.25, 0.3) is 10.8 Å². The quantitative estimate of drug-likeness (QED) is 0.547. The van der Waals surface area contributed by atoms with E-state index in [1.807, 2.05) is 12.1 Å². The molecule has 0 spiro atoms. The minimum Gasteiger partial charge on any atom is -0.480 e. The van der Waals surface area contributed by atoms with Gasteiger partial charge in [-0.05, 0) is 53.9 Å². The molecule has 0 aliphatic carbocycles. The lowest BCUT2D eigenvalue weighted by Gasteiger charge is -2.23. The van der Waals surface area contributed by atoms with E-state index in [1.54, 1.807) is 12.1 Å². The zero-order chi connectivity index (χ0) is 21.8. The first-order valence-corrected chi connectivity index (χ1v) is 10.6. The molecule has 0 saturated carbocycles. The van der Waals surface area contributed by atoms with Crippen LogP contribution in [-0.4, -0.2) is 42.7 Å². The molecule has 2 atom stereocenters. The number of nitrogens with one attached hydrogen (secondary N) is 2. The molecule has 1 aliphatic heterocycles. The largest absolute Gasteiger partial charge is 0.480 e. The van der Waals surface area contributed by atoms with Gasteiger partial charge in [0.05, 0.1) is 0 Å². The van der Waals surface area contributed by atoms with Gasteiger partial charge in [-0.25, -0.2) is 0 Å². The fourth-order valence-corrected chi connectivity index (χ4v) is 4.28. The summed E-state index contributed by atoms with van der Waals surface area (Å²) in [5.74, 6) is -1.43. The normalized spacial score (nSPS) is 16.9. The van der Waals surface area contributed by atoms with Crippen molar-refractivity contribution in [3.05, 3.63) is 77.9 Å². The molecule has 0 radical (unpaired) electrons. The summed E-state index contributed by atoms with van der Waals surface area (Å²) >= 11 is 0. The zero-order valence-corrected chi connectivity index (χ0v) is 17.5. The predicted octanol–water partition coefficient (Wildman–Crippen LogP) is 3.58.